The lowest BCUT2D eigenvalue weighted by Crippen LogP contribution is -2.56. The average Bonchev–Trinajstić information content (AvgIpc) is 2.65. The first kappa shape index (κ1) is 17.6. The van der Waals surface area contributed by atoms with E-state index >= 15 is 0 Å². The van der Waals surface area contributed by atoms with Crippen LogP contribution in [0.15, 0.2) is 52.6 Å². The number of rotatable bonds is 4. The number of hydrogen-bond donors (Lipinski definition) is 3. The third-order valence-electron chi connectivity index (χ3n) is 5.03. The number of nitrogens with one attached hydrogen (secondary N) is 2. The van der Waals surface area contributed by atoms with E-state index in [1.165, 1.54) is 0 Å². The van der Waals surface area contributed by atoms with Gasteiger partial charge in [-0.25, -0.2) is 4.39 Å². The summed E-state index contributed by atoms with van der Waals surface area (Å²) in [4.78, 5) is 4.62. The number of nitrogens with zero attached hydrogens (tertiary/aromatic N) is 2. The SMILES string of the molecule is CC1=C(F)CCC(C2=NC=CCC2C2C=CNC(C(C#N)CN)N2)=C1. The lowest BCUT2D eigenvalue weighted by Gasteiger charge is -2.36. The van der Waals surface area contributed by atoms with Crippen molar-refractivity contribution in [3.05, 3.63) is 47.6 Å². The Balaban J connectivity index is 1.82. The molecule has 0 fully saturated rings. The van der Waals surface area contributed by atoms with Crippen LogP contribution in [0.2, 0.25) is 0 Å². The molecule has 5 nitrogen and oxygen atoms in total. The zero-order valence-electron chi connectivity index (χ0n) is 14.4. The van der Waals surface area contributed by atoms with Gasteiger partial charge in [0, 0.05) is 36.8 Å². The van der Waals surface area contributed by atoms with Gasteiger partial charge in [-0.1, -0.05) is 18.2 Å². The van der Waals surface area contributed by atoms with Crippen LogP contribution in [-0.4, -0.2) is 24.5 Å². The minimum absolute atomic E-state index is 0.0352. The highest BCUT2D eigenvalue weighted by Crippen LogP contribution is 2.31. The van der Waals surface area contributed by atoms with Gasteiger partial charge >= 0.3 is 0 Å². The molecule has 4 N–H and O–H groups in total. The van der Waals surface area contributed by atoms with Gasteiger partial charge in [-0.3, -0.25) is 10.3 Å². The first-order valence-electron chi connectivity index (χ1n) is 8.71. The molecule has 0 spiro atoms. The van der Waals surface area contributed by atoms with Crippen LogP contribution in [0.4, 0.5) is 4.39 Å². The highest BCUT2D eigenvalue weighted by molar-refractivity contribution is 6.04. The summed E-state index contributed by atoms with van der Waals surface area (Å²) in [5.41, 5.74) is 8.51. The third kappa shape index (κ3) is 3.73. The average molecular weight is 341 g/mol. The summed E-state index contributed by atoms with van der Waals surface area (Å²) in [6.07, 6.45) is 11.5. The molecule has 2 aliphatic heterocycles. The van der Waals surface area contributed by atoms with Gasteiger partial charge in [0.25, 0.3) is 0 Å². The predicted octanol–water partition coefficient (Wildman–Crippen LogP) is 2.42. The van der Waals surface area contributed by atoms with Crippen molar-refractivity contribution >= 4 is 5.71 Å². The molecule has 3 aliphatic rings. The molecule has 132 valence electrons. The summed E-state index contributed by atoms with van der Waals surface area (Å²) in [5, 5.41) is 15.9. The highest BCUT2D eigenvalue weighted by Gasteiger charge is 2.33. The summed E-state index contributed by atoms with van der Waals surface area (Å²) in [6, 6.07) is 2.29. The molecule has 4 atom stereocenters. The van der Waals surface area contributed by atoms with E-state index in [4.69, 9.17) is 5.73 Å². The van der Waals surface area contributed by atoms with Gasteiger partial charge < -0.3 is 11.1 Å². The number of halogens is 1. The standard InChI is InChI=1S/C19H24FN5/c1-12-9-13(4-5-16(12)20)18-15(3-2-7-23-18)17-6-8-24-19(25-17)14(10-21)11-22/h2,6-9,14-15,17,19,24-25H,3-5,10,21H2,1H3. The first-order chi connectivity index (χ1) is 12.1. The Morgan fingerprint density at radius 3 is 3.04 bits per heavy atom. The normalized spacial score (nSPS) is 30.2. The smallest absolute Gasteiger partial charge is 0.103 e. The van der Waals surface area contributed by atoms with E-state index in [1.54, 1.807) is 6.92 Å². The van der Waals surface area contributed by atoms with Gasteiger partial charge in [-0.15, -0.1) is 0 Å². The number of hydrogen-bond acceptors (Lipinski definition) is 5. The van der Waals surface area contributed by atoms with Crippen molar-refractivity contribution < 1.29 is 4.39 Å². The fourth-order valence-corrected chi connectivity index (χ4v) is 3.56. The molecule has 25 heavy (non-hydrogen) atoms. The lowest BCUT2D eigenvalue weighted by atomic mass is 9.81. The monoisotopic (exact) mass is 341 g/mol. The molecule has 0 amide bonds. The number of nitriles is 1. The molecule has 1 aliphatic carbocycles. The molecule has 0 bridgehead atoms. The maximum Gasteiger partial charge on any atom is 0.103 e. The Morgan fingerprint density at radius 2 is 2.32 bits per heavy atom. The first-order valence-corrected chi connectivity index (χ1v) is 8.71. The summed E-state index contributed by atoms with van der Waals surface area (Å²) in [6.45, 7) is 2.10. The molecule has 3 rings (SSSR count). The molecule has 4 unspecified atom stereocenters. The third-order valence-corrected chi connectivity index (χ3v) is 5.03. The van der Waals surface area contributed by atoms with Crippen molar-refractivity contribution in [1.29, 1.82) is 5.26 Å². The molecule has 0 aromatic carbocycles. The molecular weight excluding hydrogens is 317 g/mol. The zero-order chi connectivity index (χ0) is 17.8. The highest BCUT2D eigenvalue weighted by atomic mass is 19.1. The molecule has 0 aromatic heterocycles. The van der Waals surface area contributed by atoms with Crippen molar-refractivity contribution in [3.63, 3.8) is 0 Å². The zero-order valence-corrected chi connectivity index (χ0v) is 14.4. The van der Waals surface area contributed by atoms with Crippen molar-refractivity contribution in [1.82, 2.24) is 10.6 Å². The van der Waals surface area contributed by atoms with Gasteiger partial charge in [0.2, 0.25) is 0 Å². The quantitative estimate of drug-likeness (QED) is 0.733. The van der Waals surface area contributed by atoms with Gasteiger partial charge in [0.1, 0.15) is 5.83 Å². The minimum Gasteiger partial charge on any atom is -0.375 e. The van der Waals surface area contributed by atoms with Crippen LogP contribution in [0, 0.1) is 23.2 Å². The molecule has 2 heterocycles. The molecule has 0 saturated heterocycles. The summed E-state index contributed by atoms with van der Waals surface area (Å²) in [7, 11) is 0. The molecule has 0 saturated carbocycles. The van der Waals surface area contributed by atoms with E-state index < -0.39 is 0 Å². The van der Waals surface area contributed by atoms with Crippen LogP contribution < -0.4 is 16.4 Å². The maximum atomic E-state index is 13.7. The van der Waals surface area contributed by atoms with E-state index in [2.05, 4.69) is 33.8 Å². The van der Waals surface area contributed by atoms with Gasteiger partial charge in [-0.2, -0.15) is 5.26 Å². The van der Waals surface area contributed by atoms with E-state index in [0.717, 1.165) is 17.7 Å². The number of aliphatic imine (C=N–C) groups is 1. The van der Waals surface area contributed by atoms with E-state index in [-0.39, 0.29) is 29.9 Å². The predicted molar refractivity (Wildman–Crippen MR) is 97.0 cm³/mol. The second-order valence-electron chi connectivity index (χ2n) is 6.67. The Morgan fingerprint density at radius 1 is 1.48 bits per heavy atom. The lowest BCUT2D eigenvalue weighted by molar-refractivity contribution is 0.321. The number of allylic oxidation sites excluding steroid dienone is 5. The van der Waals surface area contributed by atoms with Crippen LogP contribution in [0.3, 0.4) is 0 Å². The fraction of sp³-hybridized carbons (Fsp3) is 0.474. The molecular formula is C19H24FN5. The summed E-state index contributed by atoms with van der Waals surface area (Å²) in [5.74, 6) is -0.185. The van der Waals surface area contributed by atoms with Crippen molar-refractivity contribution in [2.24, 2.45) is 22.6 Å². The minimum atomic E-state index is -0.305. The van der Waals surface area contributed by atoms with Crippen LogP contribution in [-0.2, 0) is 0 Å². The Bertz CT molecular complexity index is 710. The van der Waals surface area contributed by atoms with Crippen LogP contribution in [0.1, 0.15) is 26.2 Å². The topological polar surface area (TPSA) is 86.2 Å². The van der Waals surface area contributed by atoms with Crippen molar-refractivity contribution in [2.45, 2.75) is 38.4 Å². The largest absolute Gasteiger partial charge is 0.375 e. The van der Waals surface area contributed by atoms with E-state index in [9.17, 15) is 9.65 Å². The second kappa shape index (κ2) is 7.77. The van der Waals surface area contributed by atoms with Crippen molar-refractivity contribution in [3.8, 4) is 6.07 Å². The second-order valence-corrected chi connectivity index (χ2v) is 6.67. The molecule has 6 heteroatoms. The van der Waals surface area contributed by atoms with Crippen LogP contribution in [0.25, 0.3) is 0 Å². The Labute approximate surface area is 147 Å². The Hall–Kier alpha value is -2.23. The van der Waals surface area contributed by atoms with E-state index in [1.807, 2.05) is 18.5 Å². The number of nitrogens with two attached hydrogens (primary N) is 1. The van der Waals surface area contributed by atoms with Gasteiger partial charge in [0.15, 0.2) is 0 Å². The van der Waals surface area contributed by atoms with Crippen LogP contribution >= 0.6 is 0 Å². The molecule has 0 aromatic rings. The van der Waals surface area contributed by atoms with E-state index in [0.29, 0.717) is 25.0 Å². The van der Waals surface area contributed by atoms with Crippen LogP contribution in [0.5, 0.6) is 0 Å². The van der Waals surface area contributed by atoms with Crippen molar-refractivity contribution in [2.75, 3.05) is 6.54 Å². The Kier molecular flexibility index (Phi) is 5.47. The molecule has 0 radical (unpaired) electrons. The van der Waals surface area contributed by atoms with Gasteiger partial charge in [-0.05, 0) is 37.1 Å². The fourth-order valence-electron chi connectivity index (χ4n) is 3.56. The summed E-state index contributed by atoms with van der Waals surface area (Å²) >= 11 is 0. The maximum absolute atomic E-state index is 13.7. The summed E-state index contributed by atoms with van der Waals surface area (Å²) < 4.78 is 13.7. The van der Waals surface area contributed by atoms with Gasteiger partial charge in [0.05, 0.1) is 18.2 Å².